The number of hydrogen-bond donors (Lipinski definition) is 0. The third kappa shape index (κ3) is 3.45. The smallest absolute Gasteiger partial charge is 0.341 e. The monoisotopic (exact) mass is 234 g/mol. The normalized spacial score (nSPS) is 10.9. The summed E-state index contributed by atoms with van der Waals surface area (Å²) >= 11 is 0. The van der Waals surface area contributed by atoms with Gasteiger partial charge >= 0.3 is 5.97 Å². The van der Waals surface area contributed by atoms with Crippen LogP contribution in [0.1, 0.15) is 12.5 Å². The van der Waals surface area contributed by atoms with Gasteiger partial charge in [0.25, 0.3) is 0 Å². The van der Waals surface area contributed by atoms with E-state index >= 15 is 0 Å². The summed E-state index contributed by atoms with van der Waals surface area (Å²) in [6.07, 6.45) is 1.49. The Labute approximate surface area is 99.8 Å². The molecule has 0 saturated heterocycles. The molecule has 90 valence electrons. The van der Waals surface area contributed by atoms with Crippen molar-refractivity contribution in [3.8, 4) is 5.75 Å². The highest BCUT2D eigenvalue weighted by molar-refractivity contribution is 6.19. The van der Waals surface area contributed by atoms with Crippen molar-refractivity contribution < 1.29 is 19.1 Å². The average Bonchev–Trinajstić information content (AvgIpc) is 2.35. The van der Waals surface area contributed by atoms with Gasteiger partial charge in [0, 0.05) is 0 Å². The third-order valence-corrected chi connectivity index (χ3v) is 2.21. The number of carbonyl (C=O) groups excluding carboxylic acids is 2. The first kappa shape index (κ1) is 13.0. The van der Waals surface area contributed by atoms with Crippen LogP contribution in [-0.4, -0.2) is 26.0 Å². The SMILES string of the molecule is COC(=O)C(=Cc1ccc(OC)cc1)C(C)=O. The highest BCUT2D eigenvalue weighted by Gasteiger charge is 2.14. The minimum atomic E-state index is -0.631. The van der Waals surface area contributed by atoms with E-state index in [1.807, 2.05) is 0 Å². The van der Waals surface area contributed by atoms with Crippen molar-refractivity contribution in [3.63, 3.8) is 0 Å². The van der Waals surface area contributed by atoms with Crippen LogP contribution < -0.4 is 4.74 Å². The Morgan fingerprint density at radius 2 is 1.71 bits per heavy atom. The molecule has 0 heterocycles. The van der Waals surface area contributed by atoms with Crippen LogP contribution >= 0.6 is 0 Å². The number of hydrogen-bond acceptors (Lipinski definition) is 4. The van der Waals surface area contributed by atoms with Crippen LogP contribution in [0.25, 0.3) is 6.08 Å². The van der Waals surface area contributed by atoms with Crippen molar-refractivity contribution >= 4 is 17.8 Å². The maximum absolute atomic E-state index is 11.3. The average molecular weight is 234 g/mol. The number of ether oxygens (including phenoxy) is 2. The lowest BCUT2D eigenvalue weighted by molar-refractivity contribution is -0.137. The molecule has 0 unspecified atom stereocenters. The summed E-state index contributed by atoms with van der Waals surface area (Å²) in [7, 11) is 2.81. The van der Waals surface area contributed by atoms with Gasteiger partial charge in [0.2, 0.25) is 0 Å². The summed E-state index contributed by atoms with van der Waals surface area (Å²) < 4.78 is 9.55. The van der Waals surface area contributed by atoms with Gasteiger partial charge in [-0.1, -0.05) is 12.1 Å². The zero-order valence-electron chi connectivity index (χ0n) is 10.0. The fraction of sp³-hybridized carbons (Fsp3) is 0.231. The first-order chi connectivity index (χ1) is 8.08. The van der Waals surface area contributed by atoms with Crippen molar-refractivity contribution in [1.29, 1.82) is 0 Å². The van der Waals surface area contributed by atoms with E-state index in [-0.39, 0.29) is 11.4 Å². The standard InChI is InChI=1S/C13H14O4/c1-9(14)12(13(15)17-3)8-10-4-6-11(16-2)7-5-10/h4-8H,1-3H3. The highest BCUT2D eigenvalue weighted by atomic mass is 16.5. The lowest BCUT2D eigenvalue weighted by Gasteiger charge is -2.02. The second-order valence-corrected chi connectivity index (χ2v) is 3.38. The minimum Gasteiger partial charge on any atom is -0.497 e. The van der Waals surface area contributed by atoms with E-state index in [4.69, 9.17) is 4.74 Å². The van der Waals surface area contributed by atoms with Crippen molar-refractivity contribution in [2.45, 2.75) is 6.92 Å². The molecular formula is C13H14O4. The van der Waals surface area contributed by atoms with E-state index in [1.54, 1.807) is 31.4 Å². The Bertz CT molecular complexity index is 443. The molecule has 1 aromatic rings. The first-order valence-corrected chi connectivity index (χ1v) is 5.03. The minimum absolute atomic E-state index is 0.0256. The van der Waals surface area contributed by atoms with E-state index < -0.39 is 5.97 Å². The molecule has 0 aliphatic carbocycles. The van der Waals surface area contributed by atoms with Crippen molar-refractivity contribution in [1.82, 2.24) is 0 Å². The summed E-state index contributed by atoms with van der Waals surface area (Å²) in [6, 6.07) is 7.01. The van der Waals surface area contributed by atoms with Gasteiger partial charge in [-0.15, -0.1) is 0 Å². The van der Waals surface area contributed by atoms with Gasteiger partial charge in [-0.25, -0.2) is 4.79 Å². The second kappa shape index (κ2) is 5.84. The molecule has 1 rings (SSSR count). The molecule has 0 aliphatic heterocycles. The van der Waals surface area contributed by atoms with Crippen LogP contribution in [0, 0.1) is 0 Å². The van der Waals surface area contributed by atoms with Crippen LogP contribution in [0.2, 0.25) is 0 Å². The van der Waals surface area contributed by atoms with Gasteiger partial charge in [0.05, 0.1) is 14.2 Å². The van der Waals surface area contributed by atoms with E-state index in [2.05, 4.69) is 4.74 Å². The Morgan fingerprint density at radius 1 is 1.12 bits per heavy atom. The summed E-state index contributed by atoms with van der Waals surface area (Å²) in [4.78, 5) is 22.6. The predicted molar refractivity (Wildman–Crippen MR) is 63.7 cm³/mol. The van der Waals surface area contributed by atoms with Crippen molar-refractivity contribution in [2.75, 3.05) is 14.2 Å². The van der Waals surface area contributed by atoms with Crippen LogP contribution in [0.15, 0.2) is 29.8 Å². The number of ketones is 1. The maximum Gasteiger partial charge on any atom is 0.341 e. The van der Waals surface area contributed by atoms with Gasteiger partial charge in [-0.05, 0) is 30.7 Å². The quantitative estimate of drug-likeness (QED) is 0.345. The molecule has 4 nitrogen and oxygen atoms in total. The zero-order valence-corrected chi connectivity index (χ0v) is 10.0. The fourth-order valence-corrected chi connectivity index (χ4v) is 1.28. The maximum atomic E-state index is 11.3. The molecule has 0 fully saturated rings. The summed E-state index contributed by atoms with van der Waals surface area (Å²) in [6.45, 7) is 1.33. The van der Waals surface area contributed by atoms with Gasteiger partial charge in [-0.2, -0.15) is 0 Å². The number of esters is 1. The Morgan fingerprint density at radius 3 is 2.12 bits per heavy atom. The van der Waals surface area contributed by atoms with Gasteiger partial charge in [0.15, 0.2) is 5.78 Å². The van der Waals surface area contributed by atoms with Gasteiger partial charge in [0.1, 0.15) is 11.3 Å². The van der Waals surface area contributed by atoms with Crippen molar-refractivity contribution in [2.24, 2.45) is 0 Å². The van der Waals surface area contributed by atoms with Crippen LogP contribution in [-0.2, 0) is 14.3 Å². The first-order valence-electron chi connectivity index (χ1n) is 5.03. The lowest BCUT2D eigenvalue weighted by Crippen LogP contribution is -2.11. The summed E-state index contributed by atoms with van der Waals surface area (Å²) in [5, 5.41) is 0. The Hall–Kier alpha value is -2.10. The van der Waals surface area contributed by atoms with Gasteiger partial charge < -0.3 is 9.47 Å². The molecule has 0 aliphatic rings. The molecule has 1 aromatic carbocycles. The number of methoxy groups -OCH3 is 2. The fourth-order valence-electron chi connectivity index (χ4n) is 1.28. The topological polar surface area (TPSA) is 52.6 Å². The van der Waals surface area contributed by atoms with Crippen LogP contribution in [0.5, 0.6) is 5.75 Å². The second-order valence-electron chi connectivity index (χ2n) is 3.38. The van der Waals surface area contributed by atoms with E-state index in [1.165, 1.54) is 20.1 Å². The Kier molecular flexibility index (Phi) is 4.46. The van der Waals surface area contributed by atoms with Crippen molar-refractivity contribution in [3.05, 3.63) is 35.4 Å². The van der Waals surface area contributed by atoms with Gasteiger partial charge in [-0.3, -0.25) is 4.79 Å². The molecule has 0 atom stereocenters. The number of carbonyl (C=O) groups is 2. The molecule has 0 saturated carbocycles. The largest absolute Gasteiger partial charge is 0.497 e. The van der Waals surface area contributed by atoms with E-state index in [0.29, 0.717) is 5.75 Å². The molecule has 0 radical (unpaired) electrons. The Balaban J connectivity index is 3.04. The highest BCUT2D eigenvalue weighted by Crippen LogP contribution is 2.14. The number of Topliss-reactive ketones (excluding diaryl/α,β-unsaturated/α-hetero) is 1. The van der Waals surface area contributed by atoms with E-state index in [0.717, 1.165) is 5.56 Å². The molecule has 0 N–H and O–H groups in total. The molecule has 0 bridgehead atoms. The molecule has 0 spiro atoms. The number of rotatable bonds is 4. The third-order valence-electron chi connectivity index (χ3n) is 2.21. The predicted octanol–water partition coefficient (Wildman–Crippen LogP) is 1.84. The molecule has 0 aromatic heterocycles. The molecule has 4 heteroatoms. The number of benzene rings is 1. The summed E-state index contributed by atoms with van der Waals surface area (Å²) in [5.74, 6) is -0.245. The lowest BCUT2D eigenvalue weighted by atomic mass is 10.1. The molecule has 0 amide bonds. The van der Waals surface area contributed by atoms with E-state index in [9.17, 15) is 9.59 Å². The van der Waals surface area contributed by atoms with Crippen LogP contribution in [0.4, 0.5) is 0 Å². The summed E-state index contributed by atoms with van der Waals surface area (Å²) in [5.41, 5.74) is 0.763. The zero-order chi connectivity index (χ0) is 12.8. The molecule has 17 heavy (non-hydrogen) atoms. The molecular weight excluding hydrogens is 220 g/mol. The van der Waals surface area contributed by atoms with Crippen LogP contribution in [0.3, 0.4) is 0 Å².